The van der Waals surface area contributed by atoms with Gasteiger partial charge in [0.05, 0.1) is 11.8 Å². The first-order valence-electron chi connectivity index (χ1n) is 6.16. The number of para-hydroxylation sites is 1. The van der Waals surface area contributed by atoms with E-state index in [0.717, 1.165) is 11.3 Å². The Balaban J connectivity index is 1.94. The van der Waals surface area contributed by atoms with Crippen molar-refractivity contribution in [1.82, 2.24) is 0 Å². The van der Waals surface area contributed by atoms with Gasteiger partial charge in [-0.05, 0) is 24.3 Å². The number of carboxylic acids is 1. The Hall–Kier alpha value is -2.75. The fourth-order valence-corrected chi connectivity index (χ4v) is 2.12. The van der Waals surface area contributed by atoms with Crippen LogP contribution in [-0.4, -0.2) is 11.1 Å². The zero-order valence-electron chi connectivity index (χ0n) is 10.6. The second-order valence-corrected chi connectivity index (χ2v) is 4.35. The molecule has 1 N–H and O–H groups in total. The van der Waals surface area contributed by atoms with Gasteiger partial charge in [-0.3, -0.25) is 0 Å². The molecule has 0 amide bonds. The van der Waals surface area contributed by atoms with E-state index in [1.54, 1.807) is 24.5 Å². The number of ether oxygens (including phenoxy) is 1. The molecule has 0 unspecified atom stereocenters. The number of hydrogen-bond acceptors (Lipinski definition) is 3. The summed E-state index contributed by atoms with van der Waals surface area (Å²) in [5.41, 5.74) is 1.50. The average molecular weight is 268 g/mol. The molecule has 1 aromatic heterocycles. The molecule has 0 radical (unpaired) electrons. The predicted octanol–water partition coefficient (Wildman–Crippen LogP) is 3.71. The maximum Gasteiger partial charge on any atom is 0.336 e. The highest BCUT2D eigenvalue weighted by atomic mass is 16.5. The van der Waals surface area contributed by atoms with Crippen molar-refractivity contribution in [3.05, 3.63) is 65.9 Å². The van der Waals surface area contributed by atoms with Crippen molar-refractivity contribution >= 4 is 16.9 Å². The molecule has 2 aromatic carbocycles. The summed E-state index contributed by atoms with van der Waals surface area (Å²) >= 11 is 0. The molecule has 3 aromatic rings. The molecule has 4 heteroatoms. The molecule has 0 atom stereocenters. The quantitative estimate of drug-likeness (QED) is 0.783. The maximum absolute atomic E-state index is 11.3. The van der Waals surface area contributed by atoms with E-state index in [0.29, 0.717) is 11.0 Å². The summed E-state index contributed by atoms with van der Waals surface area (Å²) in [6.45, 7) is 0.265. The highest BCUT2D eigenvalue weighted by Gasteiger charge is 2.15. The number of aromatic carboxylic acids is 1. The van der Waals surface area contributed by atoms with Crippen molar-refractivity contribution in [1.29, 1.82) is 0 Å². The monoisotopic (exact) mass is 268 g/mol. The van der Waals surface area contributed by atoms with Crippen molar-refractivity contribution in [3.63, 3.8) is 0 Å². The zero-order chi connectivity index (χ0) is 13.9. The SMILES string of the molecule is O=C(O)c1cccc2occ(COc3ccccc3)c12. The Morgan fingerprint density at radius 1 is 1.10 bits per heavy atom. The first kappa shape index (κ1) is 12.3. The summed E-state index contributed by atoms with van der Waals surface area (Å²) in [6.07, 6.45) is 1.54. The number of fused-ring (bicyclic) bond motifs is 1. The van der Waals surface area contributed by atoms with Gasteiger partial charge in [0.25, 0.3) is 0 Å². The minimum absolute atomic E-state index is 0.225. The Morgan fingerprint density at radius 3 is 2.65 bits per heavy atom. The van der Waals surface area contributed by atoms with Crippen molar-refractivity contribution in [2.24, 2.45) is 0 Å². The lowest BCUT2D eigenvalue weighted by Gasteiger charge is -2.05. The summed E-state index contributed by atoms with van der Waals surface area (Å²) in [5, 5.41) is 9.82. The van der Waals surface area contributed by atoms with Crippen molar-refractivity contribution in [2.45, 2.75) is 6.61 Å². The maximum atomic E-state index is 11.3. The number of carbonyl (C=O) groups is 1. The fourth-order valence-electron chi connectivity index (χ4n) is 2.12. The van der Waals surface area contributed by atoms with Gasteiger partial charge in [-0.15, -0.1) is 0 Å². The van der Waals surface area contributed by atoms with E-state index >= 15 is 0 Å². The smallest absolute Gasteiger partial charge is 0.336 e. The van der Waals surface area contributed by atoms with Gasteiger partial charge in [0, 0.05) is 10.9 Å². The second kappa shape index (κ2) is 5.09. The van der Waals surface area contributed by atoms with Crippen LogP contribution in [0.1, 0.15) is 15.9 Å². The normalized spacial score (nSPS) is 10.6. The summed E-state index contributed by atoms with van der Waals surface area (Å²) in [7, 11) is 0. The molecule has 0 aliphatic heterocycles. The number of furan rings is 1. The molecule has 0 aliphatic rings. The van der Waals surface area contributed by atoms with E-state index in [9.17, 15) is 9.90 Å². The van der Waals surface area contributed by atoms with Gasteiger partial charge in [-0.25, -0.2) is 4.79 Å². The summed E-state index contributed by atoms with van der Waals surface area (Å²) < 4.78 is 11.0. The third kappa shape index (κ3) is 2.23. The topological polar surface area (TPSA) is 59.7 Å². The molecule has 0 spiro atoms. The number of benzene rings is 2. The largest absolute Gasteiger partial charge is 0.489 e. The zero-order valence-corrected chi connectivity index (χ0v) is 10.6. The minimum Gasteiger partial charge on any atom is -0.489 e. The Bertz CT molecular complexity index is 744. The van der Waals surface area contributed by atoms with E-state index in [1.165, 1.54) is 0 Å². The lowest BCUT2D eigenvalue weighted by molar-refractivity contribution is 0.0699. The van der Waals surface area contributed by atoms with Crippen LogP contribution in [0.2, 0.25) is 0 Å². The minimum atomic E-state index is -0.974. The van der Waals surface area contributed by atoms with Gasteiger partial charge in [-0.2, -0.15) is 0 Å². The predicted molar refractivity (Wildman–Crippen MR) is 73.9 cm³/mol. The Kier molecular flexibility index (Phi) is 3.13. The van der Waals surface area contributed by atoms with Crippen LogP contribution in [0.25, 0.3) is 11.0 Å². The molecule has 0 saturated carbocycles. The Labute approximate surface area is 115 Å². The molecular formula is C16H12O4. The van der Waals surface area contributed by atoms with Gasteiger partial charge in [0.1, 0.15) is 17.9 Å². The van der Waals surface area contributed by atoms with Crippen LogP contribution in [0.4, 0.5) is 0 Å². The van der Waals surface area contributed by atoms with Crippen LogP contribution < -0.4 is 4.74 Å². The lowest BCUT2D eigenvalue weighted by atomic mass is 10.1. The highest BCUT2D eigenvalue weighted by molar-refractivity contribution is 6.03. The first-order chi connectivity index (χ1) is 9.75. The van der Waals surface area contributed by atoms with E-state index in [-0.39, 0.29) is 12.2 Å². The van der Waals surface area contributed by atoms with Crippen LogP contribution >= 0.6 is 0 Å². The number of hydrogen-bond donors (Lipinski definition) is 1. The highest BCUT2D eigenvalue weighted by Crippen LogP contribution is 2.26. The van der Waals surface area contributed by atoms with E-state index in [2.05, 4.69) is 0 Å². The lowest BCUT2D eigenvalue weighted by Crippen LogP contribution is -2.00. The van der Waals surface area contributed by atoms with Crippen LogP contribution in [0.3, 0.4) is 0 Å². The van der Waals surface area contributed by atoms with Crippen LogP contribution in [0.15, 0.2) is 59.2 Å². The van der Waals surface area contributed by atoms with Crippen LogP contribution in [0, 0.1) is 0 Å². The molecule has 0 fully saturated rings. The van der Waals surface area contributed by atoms with Crippen molar-refractivity contribution in [3.8, 4) is 5.75 Å². The second-order valence-electron chi connectivity index (χ2n) is 4.35. The van der Waals surface area contributed by atoms with Gasteiger partial charge >= 0.3 is 5.97 Å². The number of carboxylic acid groups (broad SMARTS) is 1. The van der Waals surface area contributed by atoms with E-state index in [4.69, 9.17) is 9.15 Å². The molecule has 4 nitrogen and oxygen atoms in total. The summed E-state index contributed by atoms with van der Waals surface area (Å²) in [6, 6.07) is 14.3. The third-order valence-corrected chi connectivity index (χ3v) is 3.04. The van der Waals surface area contributed by atoms with Crippen molar-refractivity contribution < 1.29 is 19.1 Å². The standard InChI is InChI=1S/C16H12O4/c17-16(18)13-7-4-8-14-15(13)11(10-20-14)9-19-12-5-2-1-3-6-12/h1-8,10H,9H2,(H,17,18). The summed E-state index contributed by atoms with van der Waals surface area (Å²) in [4.78, 5) is 11.3. The van der Waals surface area contributed by atoms with Gasteiger partial charge < -0.3 is 14.3 Å². The molecule has 20 heavy (non-hydrogen) atoms. The van der Waals surface area contributed by atoms with Gasteiger partial charge in [-0.1, -0.05) is 24.3 Å². The molecule has 0 saturated heterocycles. The average Bonchev–Trinajstić information content (AvgIpc) is 2.89. The third-order valence-electron chi connectivity index (χ3n) is 3.04. The van der Waals surface area contributed by atoms with E-state index < -0.39 is 5.97 Å². The molecule has 100 valence electrons. The molecule has 0 bridgehead atoms. The van der Waals surface area contributed by atoms with Crippen LogP contribution in [-0.2, 0) is 6.61 Å². The number of rotatable bonds is 4. The van der Waals surface area contributed by atoms with Gasteiger partial charge in [0.15, 0.2) is 0 Å². The molecular weight excluding hydrogens is 256 g/mol. The first-order valence-corrected chi connectivity index (χ1v) is 6.16. The van der Waals surface area contributed by atoms with Crippen molar-refractivity contribution in [2.75, 3.05) is 0 Å². The molecule has 0 aliphatic carbocycles. The fraction of sp³-hybridized carbons (Fsp3) is 0.0625. The summed E-state index contributed by atoms with van der Waals surface area (Å²) in [5.74, 6) is -0.243. The molecule has 1 heterocycles. The van der Waals surface area contributed by atoms with Gasteiger partial charge in [0.2, 0.25) is 0 Å². The van der Waals surface area contributed by atoms with Crippen LogP contribution in [0.5, 0.6) is 5.75 Å². The Morgan fingerprint density at radius 2 is 1.90 bits per heavy atom. The molecule has 3 rings (SSSR count). The van der Waals surface area contributed by atoms with E-state index in [1.807, 2.05) is 30.3 Å².